The van der Waals surface area contributed by atoms with Crippen LogP contribution in [0, 0.1) is 0 Å². The fourth-order valence-electron chi connectivity index (χ4n) is 3.37. The average molecular weight is 418 g/mol. The summed E-state index contributed by atoms with van der Waals surface area (Å²) in [5.74, 6) is 0.325. The molecular formula is C21H27N3O4S. The van der Waals surface area contributed by atoms with Crippen molar-refractivity contribution in [3.63, 3.8) is 0 Å². The molecule has 1 N–H and O–H groups in total. The lowest BCUT2D eigenvalue weighted by molar-refractivity contribution is -0.133. The van der Waals surface area contributed by atoms with Crippen LogP contribution < -0.4 is 10.1 Å². The smallest absolute Gasteiger partial charge is 0.328 e. The number of unbranched alkanes of at least 4 members (excludes halogenated alkanes) is 1. The Hall–Kier alpha value is -2.48. The maximum atomic E-state index is 13.1. The number of imide groups is 1. The molecule has 2 unspecified atom stereocenters. The van der Waals surface area contributed by atoms with Crippen LogP contribution in [0.15, 0.2) is 35.7 Å². The molecule has 1 saturated heterocycles. The van der Waals surface area contributed by atoms with Gasteiger partial charge < -0.3 is 15.0 Å². The van der Waals surface area contributed by atoms with Crippen molar-refractivity contribution in [3.05, 3.63) is 41.3 Å². The van der Waals surface area contributed by atoms with Crippen LogP contribution in [0.25, 0.3) is 0 Å². The number of benzene rings is 1. The van der Waals surface area contributed by atoms with Crippen LogP contribution in [0.3, 0.4) is 0 Å². The lowest BCUT2D eigenvalue weighted by Gasteiger charge is -2.41. The molecular weight excluding hydrogens is 390 g/mol. The van der Waals surface area contributed by atoms with E-state index in [2.05, 4.69) is 12.2 Å². The number of carbonyl (C=O) groups excluding carboxylic acids is 3. The highest BCUT2D eigenvalue weighted by Gasteiger charge is 2.47. The first-order valence-electron chi connectivity index (χ1n) is 9.97. The van der Waals surface area contributed by atoms with Crippen LogP contribution in [0.1, 0.15) is 32.3 Å². The van der Waals surface area contributed by atoms with Crippen molar-refractivity contribution in [1.82, 2.24) is 15.1 Å². The number of hydrogen-bond donors (Lipinski definition) is 1. The fraction of sp³-hybridized carbons (Fsp3) is 0.476. The van der Waals surface area contributed by atoms with Crippen LogP contribution >= 0.6 is 11.8 Å². The van der Waals surface area contributed by atoms with Crippen molar-refractivity contribution < 1.29 is 19.1 Å². The largest absolute Gasteiger partial charge is 0.494 e. The van der Waals surface area contributed by atoms with Crippen LogP contribution in [0.5, 0.6) is 5.75 Å². The number of urea groups is 1. The SMILES string of the molecule is CCCCNC(=O)CN1C(=O)N(Cc2ccc(OCC)cc2)C(=O)C2SC=CC21. The van der Waals surface area contributed by atoms with Gasteiger partial charge in [0.15, 0.2) is 0 Å². The van der Waals surface area contributed by atoms with E-state index in [1.165, 1.54) is 21.6 Å². The van der Waals surface area contributed by atoms with Gasteiger partial charge in [0.05, 0.1) is 19.2 Å². The maximum Gasteiger partial charge on any atom is 0.328 e. The van der Waals surface area contributed by atoms with E-state index in [1.54, 1.807) is 0 Å². The van der Waals surface area contributed by atoms with Crippen LogP contribution in [-0.2, 0) is 16.1 Å². The van der Waals surface area contributed by atoms with Gasteiger partial charge in [-0.25, -0.2) is 4.79 Å². The summed E-state index contributed by atoms with van der Waals surface area (Å²) in [6.45, 7) is 5.24. The second-order valence-corrected chi connectivity index (χ2v) is 8.04. The predicted molar refractivity (Wildman–Crippen MR) is 112 cm³/mol. The summed E-state index contributed by atoms with van der Waals surface area (Å²) in [6.07, 6.45) is 3.71. The summed E-state index contributed by atoms with van der Waals surface area (Å²) in [5.41, 5.74) is 0.830. The van der Waals surface area contributed by atoms with Crippen molar-refractivity contribution in [2.75, 3.05) is 19.7 Å². The van der Waals surface area contributed by atoms with E-state index < -0.39 is 11.3 Å². The Morgan fingerprint density at radius 1 is 1.21 bits per heavy atom. The maximum absolute atomic E-state index is 13.1. The number of thioether (sulfide) groups is 1. The highest BCUT2D eigenvalue weighted by atomic mass is 32.2. The van der Waals surface area contributed by atoms with Gasteiger partial charge in [-0.3, -0.25) is 14.5 Å². The average Bonchev–Trinajstić information content (AvgIpc) is 3.20. The molecule has 0 radical (unpaired) electrons. The van der Waals surface area contributed by atoms with Crippen molar-refractivity contribution in [3.8, 4) is 5.75 Å². The summed E-state index contributed by atoms with van der Waals surface area (Å²) < 4.78 is 5.44. The number of rotatable bonds is 9. The lowest BCUT2D eigenvalue weighted by atomic mass is 10.1. The zero-order valence-corrected chi connectivity index (χ0v) is 17.6. The zero-order valence-electron chi connectivity index (χ0n) is 16.8. The number of hydrogen-bond acceptors (Lipinski definition) is 5. The van der Waals surface area contributed by atoms with Gasteiger partial charge >= 0.3 is 6.03 Å². The Balaban J connectivity index is 1.72. The molecule has 0 saturated carbocycles. The van der Waals surface area contributed by atoms with Gasteiger partial charge in [-0.05, 0) is 36.4 Å². The minimum atomic E-state index is -0.428. The molecule has 1 aromatic rings. The molecule has 8 heteroatoms. The van der Waals surface area contributed by atoms with Gasteiger partial charge in [0.1, 0.15) is 17.5 Å². The molecule has 4 amide bonds. The summed E-state index contributed by atoms with van der Waals surface area (Å²) in [4.78, 5) is 41.1. The molecule has 2 aliphatic heterocycles. The second-order valence-electron chi connectivity index (χ2n) is 6.99. The molecule has 3 rings (SSSR count). The molecule has 2 atom stereocenters. The highest BCUT2D eigenvalue weighted by molar-refractivity contribution is 8.03. The van der Waals surface area contributed by atoms with E-state index in [9.17, 15) is 14.4 Å². The number of nitrogens with zero attached hydrogens (tertiary/aromatic N) is 2. The van der Waals surface area contributed by atoms with Crippen molar-refractivity contribution >= 4 is 29.6 Å². The Labute approximate surface area is 175 Å². The summed E-state index contributed by atoms with van der Waals surface area (Å²) in [5, 5.41) is 4.28. The van der Waals surface area contributed by atoms with E-state index in [0.717, 1.165) is 24.2 Å². The van der Waals surface area contributed by atoms with E-state index in [1.807, 2.05) is 42.7 Å². The molecule has 1 fully saturated rings. The monoisotopic (exact) mass is 417 g/mol. The first-order chi connectivity index (χ1) is 14.0. The predicted octanol–water partition coefficient (Wildman–Crippen LogP) is 2.76. The number of ether oxygens (including phenoxy) is 1. The molecule has 0 aliphatic carbocycles. The quantitative estimate of drug-likeness (QED) is 0.625. The molecule has 156 valence electrons. The third-order valence-electron chi connectivity index (χ3n) is 4.90. The topological polar surface area (TPSA) is 79.0 Å². The third-order valence-corrected chi connectivity index (χ3v) is 5.99. The zero-order chi connectivity index (χ0) is 20.8. The van der Waals surface area contributed by atoms with Gasteiger partial charge in [-0.2, -0.15) is 0 Å². The van der Waals surface area contributed by atoms with Gasteiger partial charge in [0.2, 0.25) is 11.8 Å². The first kappa shape index (κ1) is 21.2. The number of fused-ring (bicyclic) bond motifs is 1. The lowest BCUT2D eigenvalue weighted by Crippen LogP contribution is -2.62. The summed E-state index contributed by atoms with van der Waals surface area (Å²) >= 11 is 1.39. The Bertz CT molecular complexity index is 781. The van der Waals surface area contributed by atoms with Gasteiger partial charge in [0, 0.05) is 6.54 Å². The molecule has 0 spiro atoms. The standard InChI is InChI=1S/C21H27N3O4S/c1-3-5-11-22-18(25)14-23-17-10-12-29-19(17)20(26)24(21(23)27)13-15-6-8-16(9-7-15)28-4-2/h6-10,12,17,19H,3-5,11,13-14H2,1-2H3,(H,22,25). The first-order valence-corrected chi connectivity index (χ1v) is 10.9. The minimum Gasteiger partial charge on any atom is -0.494 e. The van der Waals surface area contributed by atoms with Crippen molar-refractivity contribution in [2.45, 2.75) is 44.5 Å². The van der Waals surface area contributed by atoms with Crippen LogP contribution in [-0.4, -0.2) is 58.6 Å². The Morgan fingerprint density at radius 2 is 1.97 bits per heavy atom. The number of amides is 4. The third kappa shape index (κ3) is 4.93. The van der Waals surface area contributed by atoms with Gasteiger partial charge in [-0.1, -0.05) is 31.6 Å². The van der Waals surface area contributed by atoms with Crippen LogP contribution in [0.4, 0.5) is 4.79 Å². The van der Waals surface area contributed by atoms with E-state index >= 15 is 0 Å². The molecule has 29 heavy (non-hydrogen) atoms. The number of nitrogens with one attached hydrogen (secondary N) is 1. The summed E-state index contributed by atoms with van der Waals surface area (Å²) in [6, 6.07) is 6.53. The van der Waals surface area contributed by atoms with Crippen LogP contribution in [0.2, 0.25) is 0 Å². The van der Waals surface area contributed by atoms with Crippen molar-refractivity contribution in [1.29, 1.82) is 0 Å². The van der Waals surface area contributed by atoms with Gasteiger partial charge in [0.25, 0.3) is 0 Å². The molecule has 7 nitrogen and oxygen atoms in total. The fourth-order valence-corrected chi connectivity index (χ4v) is 4.43. The summed E-state index contributed by atoms with van der Waals surface area (Å²) in [7, 11) is 0. The molecule has 0 aromatic heterocycles. The van der Waals surface area contributed by atoms with E-state index in [-0.39, 0.29) is 30.9 Å². The molecule has 2 aliphatic rings. The van der Waals surface area contributed by atoms with E-state index in [0.29, 0.717) is 13.2 Å². The van der Waals surface area contributed by atoms with E-state index in [4.69, 9.17) is 4.74 Å². The second kappa shape index (κ2) is 9.82. The van der Waals surface area contributed by atoms with Gasteiger partial charge in [-0.15, -0.1) is 11.8 Å². The van der Waals surface area contributed by atoms with Crippen molar-refractivity contribution in [2.24, 2.45) is 0 Å². The molecule has 1 aromatic carbocycles. The Kier molecular flexibility index (Phi) is 7.19. The Morgan fingerprint density at radius 3 is 2.66 bits per heavy atom. The molecule has 2 heterocycles. The normalized spacial score (nSPS) is 20.8. The number of carbonyl (C=O) groups is 3. The molecule has 0 bridgehead atoms. The highest BCUT2D eigenvalue weighted by Crippen LogP contribution is 2.34. The minimum absolute atomic E-state index is 0.0539.